The highest BCUT2D eigenvalue weighted by atomic mass is 32.2. The molecule has 2 heterocycles. The Morgan fingerprint density at radius 3 is 2.90 bits per heavy atom. The summed E-state index contributed by atoms with van der Waals surface area (Å²) in [5, 5.41) is 0. The van der Waals surface area contributed by atoms with Gasteiger partial charge in [0.05, 0.1) is 6.26 Å². The molecule has 1 amide bonds. The average molecular weight is 310 g/mol. The lowest BCUT2D eigenvalue weighted by Gasteiger charge is -2.21. The molecule has 21 heavy (non-hydrogen) atoms. The summed E-state index contributed by atoms with van der Waals surface area (Å²) in [6, 6.07) is 5.27. The molecule has 0 radical (unpaired) electrons. The Kier molecular flexibility index (Phi) is 3.62. The molecule has 0 aliphatic carbocycles. The summed E-state index contributed by atoms with van der Waals surface area (Å²) in [5.41, 5.74) is 2.37. The molecule has 114 valence electrons. The van der Waals surface area contributed by atoms with E-state index in [0.717, 1.165) is 36.8 Å². The number of carbonyl (C=O) groups is 1. The molecule has 7 heteroatoms. The van der Waals surface area contributed by atoms with E-state index in [4.69, 9.17) is 4.74 Å². The molecular weight excluding hydrogens is 292 g/mol. The van der Waals surface area contributed by atoms with Gasteiger partial charge in [-0.05, 0) is 43.0 Å². The second-order valence-corrected chi connectivity index (χ2v) is 7.21. The van der Waals surface area contributed by atoms with Gasteiger partial charge in [-0.25, -0.2) is 8.42 Å². The number of nitrogens with zero attached hydrogens (tertiary/aromatic N) is 1. The number of anilines is 2. The number of benzene rings is 1. The Hall–Kier alpha value is -1.60. The molecule has 1 atom stereocenters. The largest absolute Gasteiger partial charge is 0.368 e. The van der Waals surface area contributed by atoms with Crippen LogP contribution in [0, 0.1) is 0 Å². The Labute approximate surface area is 124 Å². The number of sulfonamides is 1. The van der Waals surface area contributed by atoms with Gasteiger partial charge in [0.15, 0.2) is 0 Å². The van der Waals surface area contributed by atoms with E-state index >= 15 is 0 Å². The fourth-order valence-electron chi connectivity index (χ4n) is 2.85. The normalized spacial score (nSPS) is 21.4. The lowest BCUT2D eigenvalue weighted by atomic mass is 10.1. The zero-order chi connectivity index (χ0) is 15.0. The summed E-state index contributed by atoms with van der Waals surface area (Å²) in [6.45, 7) is 1.27. The van der Waals surface area contributed by atoms with Crippen LogP contribution in [0.2, 0.25) is 0 Å². The molecule has 2 aliphatic heterocycles. The van der Waals surface area contributed by atoms with Crippen molar-refractivity contribution >= 4 is 27.3 Å². The average Bonchev–Trinajstić information content (AvgIpc) is 3.05. The third kappa shape index (κ3) is 3.03. The summed E-state index contributed by atoms with van der Waals surface area (Å²) in [6.07, 6.45) is 3.22. The molecule has 1 aromatic carbocycles. The zero-order valence-electron chi connectivity index (χ0n) is 11.8. The van der Waals surface area contributed by atoms with Gasteiger partial charge in [0, 0.05) is 24.5 Å². The number of nitrogens with one attached hydrogen (secondary N) is 1. The molecule has 0 saturated carbocycles. The molecule has 0 spiro atoms. The van der Waals surface area contributed by atoms with Gasteiger partial charge in [-0.2, -0.15) is 0 Å². The van der Waals surface area contributed by atoms with Crippen LogP contribution in [0.3, 0.4) is 0 Å². The van der Waals surface area contributed by atoms with Crippen molar-refractivity contribution in [2.75, 3.05) is 29.0 Å². The fraction of sp³-hybridized carbons (Fsp3) is 0.500. The molecule has 6 nitrogen and oxygen atoms in total. The zero-order valence-corrected chi connectivity index (χ0v) is 12.6. The lowest BCUT2D eigenvalue weighted by Crippen LogP contribution is -2.37. The number of hydrogen-bond donors (Lipinski definition) is 1. The van der Waals surface area contributed by atoms with Gasteiger partial charge >= 0.3 is 0 Å². The highest BCUT2D eigenvalue weighted by molar-refractivity contribution is 7.92. The number of ether oxygens (including phenoxy) is 1. The quantitative estimate of drug-likeness (QED) is 0.908. The minimum Gasteiger partial charge on any atom is -0.368 e. The maximum absolute atomic E-state index is 12.4. The van der Waals surface area contributed by atoms with Crippen molar-refractivity contribution in [2.45, 2.75) is 25.4 Å². The van der Waals surface area contributed by atoms with E-state index in [9.17, 15) is 13.2 Å². The van der Waals surface area contributed by atoms with Gasteiger partial charge in [-0.15, -0.1) is 0 Å². The highest BCUT2D eigenvalue weighted by Gasteiger charge is 2.32. The molecule has 1 N–H and O–H groups in total. The van der Waals surface area contributed by atoms with Crippen LogP contribution >= 0.6 is 0 Å². The van der Waals surface area contributed by atoms with E-state index < -0.39 is 10.0 Å². The van der Waals surface area contributed by atoms with E-state index in [1.54, 1.807) is 23.1 Å². The minimum atomic E-state index is -3.29. The van der Waals surface area contributed by atoms with Crippen LogP contribution in [-0.2, 0) is 26.0 Å². The summed E-state index contributed by atoms with van der Waals surface area (Å²) in [5.74, 6) is 0.00933. The SMILES string of the molecule is CS(=O)(=O)Nc1ccc2c(c1)CCN2C(=O)C1CCCO1. The highest BCUT2D eigenvalue weighted by Crippen LogP contribution is 2.32. The molecule has 0 aromatic heterocycles. The Morgan fingerprint density at radius 2 is 2.24 bits per heavy atom. The first-order valence-corrected chi connectivity index (χ1v) is 8.87. The second-order valence-electron chi connectivity index (χ2n) is 5.46. The van der Waals surface area contributed by atoms with E-state index in [0.29, 0.717) is 18.8 Å². The monoisotopic (exact) mass is 310 g/mol. The van der Waals surface area contributed by atoms with Crippen molar-refractivity contribution in [1.29, 1.82) is 0 Å². The predicted octanol–water partition coefficient (Wildman–Crippen LogP) is 1.13. The topological polar surface area (TPSA) is 75.7 Å². The molecule has 1 aromatic rings. The first kappa shape index (κ1) is 14.3. The first-order valence-electron chi connectivity index (χ1n) is 6.98. The predicted molar refractivity (Wildman–Crippen MR) is 79.9 cm³/mol. The van der Waals surface area contributed by atoms with Gasteiger partial charge in [-0.3, -0.25) is 9.52 Å². The molecule has 1 saturated heterocycles. The third-order valence-corrected chi connectivity index (χ3v) is 4.36. The van der Waals surface area contributed by atoms with Crippen molar-refractivity contribution in [3.05, 3.63) is 23.8 Å². The third-order valence-electron chi connectivity index (χ3n) is 3.75. The molecule has 2 aliphatic rings. The van der Waals surface area contributed by atoms with Crippen LogP contribution in [0.1, 0.15) is 18.4 Å². The molecular formula is C14H18N2O4S. The smallest absolute Gasteiger partial charge is 0.256 e. The molecule has 1 unspecified atom stereocenters. The molecule has 3 rings (SSSR count). The number of carbonyl (C=O) groups excluding carboxylic acids is 1. The number of amides is 1. The van der Waals surface area contributed by atoms with E-state index in [2.05, 4.69) is 4.72 Å². The van der Waals surface area contributed by atoms with Crippen molar-refractivity contribution in [3.8, 4) is 0 Å². The second kappa shape index (κ2) is 5.31. The fourth-order valence-corrected chi connectivity index (χ4v) is 3.41. The number of fused-ring (bicyclic) bond motifs is 1. The Morgan fingerprint density at radius 1 is 1.43 bits per heavy atom. The Bertz CT molecular complexity index is 666. The lowest BCUT2D eigenvalue weighted by molar-refractivity contribution is -0.127. The molecule has 1 fully saturated rings. The van der Waals surface area contributed by atoms with Gasteiger partial charge < -0.3 is 9.64 Å². The van der Waals surface area contributed by atoms with Gasteiger partial charge in [0.1, 0.15) is 6.10 Å². The van der Waals surface area contributed by atoms with E-state index in [1.807, 2.05) is 0 Å². The van der Waals surface area contributed by atoms with Crippen LogP contribution in [0.4, 0.5) is 11.4 Å². The van der Waals surface area contributed by atoms with E-state index in [1.165, 1.54) is 0 Å². The Balaban J connectivity index is 1.81. The van der Waals surface area contributed by atoms with Crippen LogP contribution in [0.5, 0.6) is 0 Å². The first-order chi connectivity index (χ1) is 9.94. The van der Waals surface area contributed by atoms with Gasteiger partial charge in [0.25, 0.3) is 5.91 Å². The van der Waals surface area contributed by atoms with Gasteiger partial charge in [-0.1, -0.05) is 0 Å². The van der Waals surface area contributed by atoms with Crippen molar-refractivity contribution < 1.29 is 17.9 Å². The standard InChI is InChI=1S/C14H18N2O4S/c1-21(18,19)15-11-4-5-12-10(9-11)6-7-16(12)14(17)13-3-2-8-20-13/h4-5,9,13,15H,2-3,6-8H2,1H3. The summed E-state index contributed by atoms with van der Waals surface area (Å²) >= 11 is 0. The molecule has 0 bridgehead atoms. The summed E-state index contributed by atoms with van der Waals surface area (Å²) in [7, 11) is -3.29. The minimum absolute atomic E-state index is 0.00933. The summed E-state index contributed by atoms with van der Waals surface area (Å²) in [4.78, 5) is 14.2. The maximum Gasteiger partial charge on any atom is 0.256 e. The van der Waals surface area contributed by atoms with Crippen LogP contribution in [-0.4, -0.2) is 39.8 Å². The van der Waals surface area contributed by atoms with Crippen molar-refractivity contribution in [3.63, 3.8) is 0 Å². The number of rotatable bonds is 3. The van der Waals surface area contributed by atoms with E-state index in [-0.39, 0.29) is 12.0 Å². The number of hydrogen-bond acceptors (Lipinski definition) is 4. The van der Waals surface area contributed by atoms with Gasteiger partial charge in [0.2, 0.25) is 10.0 Å². The van der Waals surface area contributed by atoms with Crippen molar-refractivity contribution in [2.24, 2.45) is 0 Å². The maximum atomic E-state index is 12.4. The van der Waals surface area contributed by atoms with Crippen LogP contribution < -0.4 is 9.62 Å². The van der Waals surface area contributed by atoms with Crippen LogP contribution in [0.15, 0.2) is 18.2 Å². The summed E-state index contributed by atoms with van der Waals surface area (Å²) < 4.78 is 30.4. The van der Waals surface area contributed by atoms with Crippen LogP contribution in [0.25, 0.3) is 0 Å². The van der Waals surface area contributed by atoms with Crippen molar-refractivity contribution in [1.82, 2.24) is 0 Å².